The minimum atomic E-state index is 0.835. The summed E-state index contributed by atoms with van der Waals surface area (Å²) >= 11 is 1.62. The highest BCUT2D eigenvalue weighted by Crippen LogP contribution is 2.17. The molecular formula is C13H19N5S. The van der Waals surface area contributed by atoms with Gasteiger partial charge in [0.2, 0.25) is 5.13 Å². The fourth-order valence-electron chi connectivity index (χ4n) is 1.76. The van der Waals surface area contributed by atoms with Crippen LogP contribution < -0.4 is 5.32 Å². The Bertz CT molecular complexity index is 485. The molecule has 0 aliphatic heterocycles. The first-order valence-electron chi connectivity index (χ1n) is 6.49. The lowest BCUT2D eigenvalue weighted by molar-refractivity contribution is 0.270. The molecule has 1 N–H and O–H groups in total. The summed E-state index contributed by atoms with van der Waals surface area (Å²) in [4.78, 5) is 6.38. The number of hydrogen-bond donors (Lipinski definition) is 1. The molecule has 0 bridgehead atoms. The molecule has 0 saturated heterocycles. The largest absolute Gasteiger partial charge is 0.360 e. The monoisotopic (exact) mass is 277 g/mol. The second kappa shape index (κ2) is 7.16. The lowest BCUT2D eigenvalue weighted by Gasteiger charge is -2.18. The van der Waals surface area contributed by atoms with Gasteiger partial charge in [0, 0.05) is 25.5 Å². The summed E-state index contributed by atoms with van der Waals surface area (Å²) in [5.74, 6) is 0. The maximum absolute atomic E-state index is 4.22. The maximum Gasteiger partial charge on any atom is 0.205 e. The molecule has 102 valence electrons. The SMILES string of the molecule is CCNc1nnc(CN(CC)Cc2ccncc2)s1. The van der Waals surface area contributed by atoms with E-state index in [9.17, 15) is 0 Å². The number of nitrogens with one attached hydrogen (secondary N) is 1. The van der Waals surface area contributed by atoms with Crippen molar-refractivity contribution in [2.24, 2.45) is 0 Å². The summed E-state index contributed by atoms with van der Waals surface area (Å²) in [6.07, 6.45) is 3.66. The Balaban J connectivity index is 1.94. The predicted octanol–water partition coefficient (Wildman–Crippen LogP) is 2.39. The zero-order valence-corrected chi connectivity index (χ0v) is 12.2. The van der Waals surface area contributed by atoms with Crippen molar-refractivity contribution in [2.75, 3.05) is 18.4 Å². The molecule has 0 atom stereocenters. The normalized spacial score (nSPS) is 10.9. The van der Waals surface area contributed by atoms with Crippen molar-refractivity contribution in [3.8, 4) is 0 Å². The summed E-state index contributed by atoms with van der Waals surface area (Å²) in [6.45, 7) is 7.83. The van der Waals surface area contributed by atoms with E-state index in [2.05, 4.69) is 39.2 Å². The fourth-order valence-corrected chi connectivity index (χ4v) is 2.61. The van der Waals surface area contributed by atoms with E-state index in [1.54, 1.807) is 11.3 Å². The molecule has 2 aromatic heterocycles. The summed E-state index contributed by atoms with van der Waals surface area (Å²) in [5.41, 5.74) is 1.27. The van der Waals surface area contributed by atoms with Gasteiger partial charge in [0.1, 0.15) is 5.01 Å². The van der Waals surface area contributed by atoms with E-state index in [-0.39, 0.29) is 0 Å². The van der Waals surface area contributed by atoms with Gasteiger partial charge in [-0.25, -0.2) is 0 Å². The third-order valence-corrected chi connectivity index (χ3v) is 3.62. The van der Waals surface area contributed by atoms with Crippen molar-refractivity contribution in [2.45, 2.75) is 26.9 Å². The van der Waals surface area contributed by atoms with Crippen LogP contribution >= 0.6 is 11.3 Å². The Kier molecular flexibility index (Phi) is 5.23. The average Bonchev–Trinajstić information content (AvgIpc) is 2.87. The van der Waals surface area contributed by atoms with Crippen molar-refractivity contribution < 1.29 is 0 Å². The van der Waals surface area contributed by atoms with Crippen molar-refractivity contribution >= 4 is 16.5 Å². The summed E-state index contributed by atoms with van der Waals surface area (Å²) in [7, 11) is 0. The molecular weight excluding hydrogens is 258 g/mol. The maximum atomic E-state index is 4.22. The number of anilines is 1. The van der Waals surface area contributed by atoms with Crippen molar-refractivity contribution in [3.63, 3.8) is 0 Å². The van der Waals surface area contributed by atoms with Gasteiger partial charge in [-0.3, -0.25) is 9.88 Å². The topological polar surface area (TPSA) is 53.9 Å². The van der Waals surface area contributed by atoms with Gasteiger partial charge in [-0.2, -0.15) is 0 Å². The van der Waals surface area contributed by atoms with E-state index in [0.29, 0.717) is 0 Å². The van der Waals surface area contributed by atoms with Crippen LogP contribution in [0.4, 0.5) is 5.13 Å². The minimum Gasteiger partial charge on any atom is -0.360 e. The average molecular weight is 277 g/mol. The van der Waals surface area contributed by atoms with E-state index < -0.39 is 0 Å². The third kappa shape index (κ3) is 4.25. The number of pyridine rings is 1. The lowest BCUT2D eigenvalue weighted by Crippen LogP contribution is -2.22. The van der Waals surface area contributed by atoms with Gasteiger partial charge in [0.15, 0.2) is 0 Å². The first-order chi connectivity index (χ1) is 9.31. The quantitative estimate of drug-likeness (QED) is 0.842. The molecule has 0 aliphatic carbocycles. The Hall–Kier alpha value is -1.53. The van der Waals surface area contributed by atoms with Crippen LogP contribution in [0.15, 0.2) is 24.5 Å². The van der Waals surface area contributed by atoms with Gasteiger partial charge < -0.3 is 5.32 Å². The van der Waals surface area contributed by atoms with Crippen LogP contribution in [0.5, 0.6) is 0 Å². The lowest BCUT2D eigenvalue weighted by atomic mass is 10.2. The minimum absolute atomic E-state index is 0.835. The Morgan fingerprint density at radius 2 is 1.95 bits per heavy atom. The Labute approximate surface area is 117 Å². The first kappa shape index (κ1) is 13.9. The summed E-state index contributed by atoms with van der Waals surface area (Å²) in [6, 6.07) is 4.10. The van der Waals surface area contributed by atoms with E-state index in [1.165, 1.54) is 5.56 Å². The predicted molar refractivity (Wildman–Crippen MR) is 78.1 cm³/mol. The molecule has 5 nitrogen and oxygen atoms in total. The van der Waals surface area contributed by atoms with Gasteiger partial charge in [-0.15, -0.1) is 10.2 Å². The van der Waals surface area contributed by atoms with Crippen LogP contribution in [-0.4, -0.2) is 33.2 Å². The van der Waals surface area contributed by atoms with E-state index >= 15 is 0 Å². The third-order valence-electron chi connectivity index (χ3n) is 2.76. The molecule has 6 heteroatoms. The van der Waals surface area contributed by atoms with Crippen molar-refractivity contribution in [1.29, 1.82) is 0 Å². The number of nitrogens with zero attached hydrogens (tertiary/aromatic N) is 4. The smallest absolute Gasteiger partial charge is 0.205 e. The highest BCUT2D eigenvalue weighted by atomic mass is 32.1. The molecule has 2 heterocycles. The van der Waals surface area contributed by atoms with Crippen LogP contribution in [-0.2, 0) is 13.1 Å². The summed E-state index contributed by atoms with van der Waals surface area (Å²) < 4.78 is 0. The van der Waals surface area contributed by atoms with Gasteiger partial charge >= 0.3 is 0 Å². The molecule has 19 heavy (non-hydrogen) atoms. The Morgan fingerprint density at radius 1 is 1.16 bits per heavy atom. The molecule has 2 rings (SSSR count). The number of aromatic nitrogens is 3. The van der Waals surface area contributed by atoms with Crippen LogP contribution in [0.25, 0.3) is 0 Å². The van der Waals surface area contributed by atoms with Crippen LogP contribution in [0.1, 0.15) is 24.4 Å². The summed E-state index contributed by atoms with van der Waals surface area (Å²) in [5, 5.41) is 13.5. The zero-order valence-electron chi connectivity index (χ0n) is 11.3. The molecule has 0 unspecified atom stereocenters. The van der Waals surface area contributed by atoms with Gasteiger partial charge in [-0.05, 0) is 31.2 Å². The molecule has 0 aromatic carbocycles. The second-order valence-electron chi connectivity index (χ2n) is 4.19. The van der Waals surface area contributed by atoms with Crippen LogP contribution in [0, 0.1) is 0 Å². The van der Waals surface area contributed by atoms with Crippen molar-refractivity contribution in [3.05, 3.63) is 35.1 Å². The second-order valence-corrected chi connectivity index (χ2v) is 5.25. The zero-order chi connectivity index (χ0) is 13.5. The first-order valence-corrected chi connectivity index (χ1v) is 7.31. The highest BCUT2D eigenvalue weighted by molar-refractivity contribution is 7.15. The van der Waals surface area contributed by atoms with E-state index in [0.717, 1.165) is 36.3 Å². The molecule has 0 fully saturated rings. The number of rotatable bonds is 7. The van der Waals surface area contributed by atoms with Crippen LogP contribution in [0.3, 0.4) is 0 Å². The number of hydrogen-bond acceptors (Lipinski definition) is 6. The molecule has 0 radical (unpaired) electrons. The fraction of sp³-hybridized carbons (Fsp3) is 0.462. The van der Waals surface area contributed by atoms with Gasteiger partial charge in [-0.1, -0.05) is 18.3 Å². The highest BCUT2D eigenvalue weighted by Gasteiger charge is 2.09. The molecule has 2 aromatic rings. The van der Waals surface area contributed by atoms with E-state index in [1.807, 2.05) is 24.5 Å². The molecule has 0 amide bonds. The molecule has 0 saturated carbocycles. The van der Waals surface area contributed by atoms with Crippen molar-refractivity contribution in [1.82, 2.24) is 20.1 Å². The molecule has 0 spiro atoms. The Morgan fingerprint density at radius 3 is 2.63 bits per heavy atom. The molecule has 0 aliphatic rings. The van der Waals surface area contributed by atoms with Gasteiger partial charge in [0.25, 0.3) is 0 Å². The standard InChI is InChI=1S/C13H19N5S/c1-3-15-13-17-16-12(19-13)10-18(4-2)9-11-5-7-14-8-6-11/h5-8H,3-4,9-10H2,1-2H3,(H,15,17). The van der Waals surface area contributed by atoms with Gasteiger partial charge in [0.05, 0.1) is 6.54 Å². The van der Waals surface area contributed by atoms with E-state index in [4.69, 9.17) is 0 Å². The van der Waals surface area contributed by atoms with Crippen LogP contribution in [0.2, 0.25) is 0 Å².